The molecular formula is C22H20BrNO5. The number of benzene rings is 2. The lowest BCUT2D eigenvalue weighted by Crippen LogP contribution is -2.08. The first-order valence-electron chi connectivity index (χ1n) is 9.26. The maximum absolute atomic E-state index is 12.2. The van der Waals surface area contributed by atoms with E-state index in [0.29, 0.717) is 42.1 Å². The van der Waals surface area contributed by atoms with E-state index >= 15 is 0 Å². The van der Waals surface area contributed by atoms with E-state index in [0.717, 1.165) is 4.47 Å². The fourth-order valence-corrected chi connectivity index (χ4v) is 3.12. The zero-order chi connectivity index (χ0) is 20.8. The largest absolute Gasteiger partial charge is 0.490 e. The zero-order valence-corrected chi connectivity index (χ0v) is 17.7. The van der Waals surface area contributed by atoms with Crippen molar-refractivity contribution in [3.05, 3.63) is 63.8 Å². The molecule has 0 aromatic heterocycles. The van der Waals surface area contributed by atoms with Crippen LogP contribution in [0.2, 0.25) is 0 Å². The summed E-state index contributed by atoms with van der Waals surface area (Å²) < 4.78 is 17.0. The van der Waals surface area contributed by atoms with Gasteiger partial charge in [-0.05, 0) is 65.2 Å². The van der Waals surface area contributed by atoms with Crippen LogP contribution in [0.5, 0.6) is 11.5 Å². The van der Waals surface area contributed by atoms with Gasteiger partial charge < -0.3 is 14.2 Å². The number of aliphatic imine (C=N–C) groups is 1. The summed E-state index contributed by atoms with van der Waals surface area (Å²) in [4.78, 5) is 28.4. The Bertz CT molecular complexity index is 996. The molecule has 2 aromatic carbocycles. The first kappa shape index (κ1) is 20.8. The normalized spacial score (nSPS) is 14.5. The molecule has 0 spiro atoms. The van der Waals surface area contributed by atoms with Gasteiger partial charge in [-0.2, -0.15) is 0 Å². The second-order valence-corrected chi connectivity index (χ2v) is 7.03. The summed E-state index contributed by atoms with van der Waals surface area (Å²) >= 11 is 3.43. The van der Waals surface area contributed by atoms with E-state index in [1.165, 1.54) is 0 Å². The summed E-state index contributed by atoms with van der Waals surface area (Å²) in [6, 6.07) is 12.4. The van der Waals surface area contributed by atoms with Crippen LogP contribution in [0.25, 0.3) is 6.08 Å². The monoisotopic (exact) mass is 457 g/mol. The molecule has 150 valence electrons. The van der Waals surface area contributed by atoms with Crippen LogP contribution in [0.1, 0.15) is 37.8 Å². The van der Waals surface area contributed by atoms with Crippen molar-refractivity contribution in [3.8, 4) is 11.5 Å². The van der Waals surface area contributed by atoms with Crippen molar-refractivity contribution in [2.45, 2.75) is 26.7 Å². The van der Waals surface area contributed by atoms with Crippen molar-refractivity contribution in [2.75, 3.05) is 6.61 Å². The van der Waals surface area contributed by atoms with E-state index in [9.17, 15) is 9.59 Å². The van der Waals surface area contributed by atoms with Crippen LogP contribution in [-0.2, 0) is 14.3 Å². The predicted molar refractivity (Wildman–Crippen MR) is 113 cm³/mol. The molecule has 1 aliphatic rings. The maximum Gasteiger partial charge on any atom is 0.363 e. The highest BCUT2D eigenvalue weighted by Gasteiger charge is 2.25. The Hall–Kier alpha value is -2.93. The number of halogens is 1. The molecule has 2 aromatic rings. The van der Waals surface area contributed by atoms with E-state index in [1.807, 2.05) is 38.1 Å². The lowest BCUT2D eigenvalue weighted by Gasteiger charge is -2.11. The number of hydrogen-bond donors (Lipinski definition) is 0. The van der Waals surface area contributed by atoms with Gasteiger partial charge >= 0.3 is 11.9 Å². The van der Waals surface area contributed by atoms with Gasteiger partial charge in [0.15, 0.2) is 17.2 Å². The van der Waals surface area contributed by atoms with E-state index in [-0.39, 0.29) is 17.6 Å². The highest BCUT2D eigenvalue weighted by Crippen LogP contribution is 2.31. The summed E-state index contributed by atoms with van der Waals surface area (Å²) in [5.74, 6) is 0.157. The second kappa shape index (κ2) is 9.52. The molecule has 0 atom stereocenters. The number of cyclic esters (lactones) is 1. The van der Waals surface area contributed by atoms with Crippen molar-refractivity contribution in [2.24, 2.45) is 4.99 Å². The maximum atomic E-state index is 12.2. The average Bonchev–Trinajstić information content (AvgIpc) is 3.05. The van der Waals surface area contributed by atoms with Crippen molar-refractivity contribution in [3.63, 3.8) is 0 Å². The molecule has 0 bridgehead atoms. The molecular weight excluding hydrogens is 438 g/mol. The minimum atomic E-state index is -0.535. The van der Waals surface area contributed by atoms with Crippen LogP contribution < -0.4 is 9.47 Å². The molecule has 1 aliphatic heterocycles. The summed E-state index contributed by atoms with van der Waals surface area (Å²) in [6.45, 7) is 4.15. The van der Waals surface area contributed by atoms with Crippen LogP contribution in [0.15, 0.2) is 57.6 Å². The Labute approximate surface area is 177 Å². The molecule has 0 fully saturated rings. The van der Waals surface area contributed by atoms with Crippen LogP contribution >= 0.6 is 15.9 Å². The molecule has 7 heteroatoms. The van der Waals surface area contributed by atoms with Crippen LogP contribution in [0, 0.1) is 0 Å². The van der Waals surface area contributed by atoms with Gasteiger partial charge in [-0.15, -0.1) is 0 Å². The standard InChI is InChI=1S/C22H20BrNO5/c1-3-7-20(25)28-18-11-10-14(13-19(18)27-4-2)12-17-22(26)29-21(24-17)15-8-5-6-9-16(15)23/h5-6,8-13H,3-4,7H2,1-2H3/b17-12-. The summed E-state index contributed by atoms with van der Waals surface area (Å²) in [5, 5.41) is 0. The fourth-order valence-electron chi connectivity index (χ4n) is 2.66. The smallest absolute Gasteiger partial charge is 0.363 e. The van der Waals surface area contributed by atoms with Gasteiger partial charge in [-0.3, -0.25) is 4.79 Å². The van der Waals surface area contributed by atoms with Gasteiger partial charge in [0.25, 0.3) is 0 Å². The van der Waals surface area contributed by atoms with E-state index in [4.69, 9.17) is 14.2 Å². The molecule has 0 aliphatic carbocycles. The SMILES string of the molecule is CCCC(=O)Oc1ccc(/C=C2\N=C(c3ccccc3Br)OC2=O)cc1OCC. The number of carbonyl (C=O) groups excluding carboxylic acids is 2. The third kappa shape index (κ3) is 5.12. The molecule has 3 rings (SSSR count). The Balaban J connectivity index is 1.89. The van der Waals surface area contributed by atoms with Crippen molar-refractivity contribution >= 4 is 39.8 Å². The number of nitrogens with zero attached hydrogens (tertiary/aromatic N) is 1. The molecule has 0 amide bonds. The van der Waals surface area contributed by atoms with E-state index < -0.39 is 5.97 Å². The fraction of sp³-hybridized carbons (Fsp3) is 0.227. The number of carbonyl (C=O) groups is 2. The van der Waals surface area contributed by atoms with Crippen molar-refractivity contribution in [1.82, 2.24) is 0 Å². The van der Waals surface area contributed by atoms with Crippen LogP contribution in [-0.4, -0.2) is 24.4 Å². The highest BCUT2D eigenvalue weighted by molar-refractivity contribution is 9.10. The first-order valence-corrected chi connectivity index (χ1v) is 10.1. The molecule has 0 N–H and O–H groups in total. The predicted octanol–water partition coefficient (Wildman–Crippen LogP) is 4.90. The average molecular weight is 458 g/mol. The quantitative estimate of drug-likeness (QED) is 0.335. The lowest BCUT2D eigenvalue weighted by molar-refractivity contribution is -0.134. The van der Waals surface area contributed by atoms with Gasteiger partial charge in [-0.1, -0.05) is 25.1 Å². The highest BCUT2D eigenvalue weighted by atomic mass is 79.9. The molecule has 0 radical (unpaired) electrons. The molecule has 1 heterocycles. The topological polar surface area (TPSA) is 74.2 Å². The summed E-state index contributed by atoms with van der Waals surface area (Å²) in [6.07, 6.45) is 2.63. The van der Waals surface area contributed by atoms with Gasteiger partial charge in [0.1, 0.15) is 0 Å². The minimum absolute atomic E-state index is 0.175. The number of ether oxygens (including phenoxy) is 3. The van der Waals surface area contributed by atoms with Gasteiger partial charge in [-0.25, -0.2) is 9.79 Å². The number of hydrogen-bond acceptors (Lipinski definition) is 6. The molecule has 0 saturated carbocycles. The van der Waals surface area contributed by atoms with E-state index in [2.05, 4.69) is 20.9 Å². The van der Waals surface area contributed by atoms with Crippen molar-refractivity contribution < 1.29 is 23.8 Å². The number of rotatable bonds is 7. The third-order valence-corrected chi connectivity index (χ3v) is 4.67. The Kier molecular flexibility index (Phi) is 6.82. The van der Waals surface area contributed by atoms with E-state index in [1.54, 1.807) is 24.3 Å². The minimum Gasteiger partial charge on any atom is -0.490 e. The molecule has 6 nitrogen and oxygen atoms in total. The van der Waals surface area contributed by atoms with Gasteiger partial charge in [0.2, 0.25) is 5.90 Å². The van der Waals surface area contributed by atoms with Crippen molar-refractivity contribution in [1.29, 1.82) is 0 Å². The van der Waals surface area contributed by atoms with Gasteiger partial charge in [0.05, 0.1) is 12.2 Å². The number of esters is 2. The van der Waals surface area contributed by atoms with Crippen LogP contribution in [0.4, 0.5) is 0 Å². The Morgan fingerprint density at radius 2 is 1.97 bits per heavy atom. The molecule has 0 saturated heterocycles. The summed E-state index contributed by atoms with van der Waals surface area (Å²) in [7, 11) is 0. The zero-order valence-electron chi connectivity index (χ0n) is 16.1. The lowest BCUT2D eigenvalue weighted by atomic mass is 10.1. The summed E-state index contributed by atoms with van der Waals surface area (Å²) in [5.41, 5.74) is 1.54. The molecule has 29 heavy (non-hydrogen) atoms. The second-order valence-electron chi connectivity index (χ2n) is 6.18. The first-order chi connectivity index (χ1) is 14.0. The Morgan fingerprint density at radius 3 is 2.69 bits per heavy atom. The Morgan fingerprint density at radius 1 is 1.17 bits per heavy atom. The van der Waals surface area contributed by atoms with Gasteiger partial charge in [0, 0.05) is 10.9 Å². The molecule has 0 unspecified atom stereocenters. The van der Waals surface area contributed by atoms with Crippen LogP contribution in [0.3, 0.4) is 0 Å². The third-order valence-electron chi connectivity index (χ3n) is 3.97.